The Morgan fingerprint density at radius 1 is 0.967 bits per heavy atom. The van der Waals surface area contributed by atoms with Gasteiger partial charge >= 0.3 is 0 Å². The summed E-state index contributed by atoms with van der Waals surface area (Å²) in [6, 6.07) is 12.2. The SMILES string of the molecule is CN=C(NCCCS(=O)(=O)c1ccccc1)NCc1cc(OC)c(OC)c(OC)c1. The highest BCUT2D eigenvalue weighted by Gasteiger charge is 2.14. The van der Waals surface area contributed by atoms with Crippen molar-refractivity contribution in [1.29, 1.82) is 0 Å². The Morgan fingerprint density at radius 3 is 2.13 bits per heavy atom. The summed E-state index contributed by atoms with van der Waals surface area (Å²) in [6.45, 7) is 0.944. The number of nitrogens with one attached hydrogen (secondary N) is 2. The maximum atomic E-state index is 12.3. The number of hydrogen-bond acceptors (Lipinski definition) is 6. The van der Waals surface area contributed by atoms with Crippen molar-refractivity contribution >= 4 is 15.8 Å². The molecule has 0 saturated carbocycles. The number of aliphatic imine (C=N–C) groups is 1. The topological polar surface area (TPSA) is 98.3 Å². The summed E-state index contributed by atoms with van der Waals surface area (Å²) in [5.74, 6) is 2.31. The smallest absolute Gasteiger partial charge is 0.203 e. The van der Waals surface area contributed by atoms with Crippen molar-refractivity contribution in [3.63, 3.8) is 0 Å². The first-order valence-electron chi connectivity index (χ1n) is 9.46. The van der Waals surface area contributed by atoms with Crippen LogP contribution >= 0.6 is 0 Å². The van der Waals surface area contributed by atoms with Gasteiger partial charge in [-0.15, -0.1) is 0 Å². The summed E-state index contributed by atoms with van der Waals surface area (Å²) < 4.78 is 40.7. The predicted octanol–water partition coefficient (Wildman–Crippen LogP) is 2.24. The van der Waals surface area contributed by atoms with Gasteiger partial charge in [0.05, 0.1) is 32.0 Å². The van der Waals surface area contributed by atoms with Crippen LogP contribution in [0.1, 0.15) is 12.0 Å². The summed E-state index contributed by atoms with van der Waals surface area (Å²) in [5, 5.41) is 6.32. The van der Waals surface area contributed by atoms with Gasteiger partial charge in [0, 0.05) is 20.1 Å². The minimum absolute atomic E-state index is 0.0634. The highest BCUT2D eigenvalue weighted by Crippen LogP contribution is 2.38. The maximum Gasteiger partial charge on any atom is 0.203 e. The average Bonchev–Trinajstić information content (AvgIpc) is 2.78. The van der Waals surface area contributed by atoms with E-state index in [4.69, 9.17) is 14.2 Å². The second-order valence-electron chi connectivity index (χ2n) is 6.37. The van der Waals surface area contributed by atoms with Crippen LogP contribution in [0.2, 0.25) is 0 Å². The molecule has 0 saturated heterocycles. The highest BCUT2D eigenvalue weighted by atomic mass is 32.2. The molecule has 9 heteroatoms. The fourth-order valence-electron chi connectivity index (χ4n) is 2.86. The van der Waals surface area contributed by atoms with Crippen LogP contribution in [0.15, 0.2) is 52.4 Å². The molecule has 2 aromatic rings. The van der Waals surface area contributed by atoms with Gasteiger partial charge in [0.15, 0.2) is 27.3 Å². The van der Waals surface area contributed by atoms with Gasteiger partial charge in [-0.3, -0.25) is 4.99 Å². The van der Waals surface area contributed by atoms with E-state index in [0.29, 0.717) is 47.6 Å². The molecular weight excluding hydrogens is 406 g/mol. The summed E-state index contributed by atoms with van der Waals surface area (Å²) in [7, 11) is 3.07. The van der Waals surface area contributed by atoms with E-state index in [1.807, 2.05) is 12.1 Å². The number of nitrogens with zero attached hydrogens (tertiary/aromatic N) is 1. The Morgan fingerprint density at radius 2 is 1.60 bits per heavy atom. The zero-order valence-corrected chi connectivity index (χ0v) is 18.6. The van der Waals surface area contributed by atoms with E-state index in [1.54, 1.807) is 58.7 Å². The monoisotopic (exact) mass is 435 g/mol. The lowest BCUT2D eigenvalue weighted by Crippen LogP contribution is -2.37. The lowest BCUT2D eigenvalue weighted by molar-refractivity contribution is 0.323. The number of rotatable bonds is 10. The second kappa shape index (κ2) is 11.3. The number of benzene rings is 2. The molecule has 8 nitrogen and oxygen atoms in total. The molecule has 0 bridgehead atoms. The van der Waals surface area contributed by atoms with Crippen LogP contribution in [0.25, 0.3) is 0 Å². The van der Waals surface area contributed by atoms with Crippen molar-refractivity contribution in [3.8, 4) is 17.2 Å². The van der Waals surface area contributed by atoms with E-state index in [-0.39, 0.29) is 5.75 Å². The van der Waals surface area contributed by atoms with Gasteiger partial charge in [0.2, 0.25) is 5.75 Å². The average molecular weight is 436 g/mol. The van der Waals surface area contributed by atoms with Crippen molar-refractivity contribution < 1.29 is 22.6 Å². The van der Waals surface area contributed by atoms with Gasteiger partial charge in [0.1, 0.15) is 0 Å². The third-order valence-corrected chi connectivity index (χ3v) is 6.21. The van der Waals surface area contributed by atoms with Crippen LogP contribution < -0.4 is 24.8 Å². The number of methoxy groups -OCH3 is 3. The molecule has 2 rings (SSSR count). The highest BCUT2D eigenvalue weighted by molar-refractivity contribution is 7.91. The number of ether oxygens (including phenoxy) is 3. The van der Waals surface area contributed by atoms with Gasteiger partial charge in [-0.1, -0.05) is 18.2 Å². The number of guanidine groups is 1. The van der Waals surface area contributed by atoms with Crippen molar-refractivity contribution in [1.82, 2.24) is 10.6 Å². The molecule has 0 radical (unpaired) electrons. The fraction of sp³-hybridized carbons (Fsp3) is 0.381. The summed E-state index contributed by atoms with van der Waals surface area (Å²) in [4.78, 5) is 4.51. The van der Waals surface area contributed by atoms with Crippen LogP contribution in [0, 0.1) is 0 Å². The molecule has 0 heterocycles. The largest absolute Gasteiger partial charge is 0.493 e. The molecule has 0 aliphatic rings. The Kier molecular flexibility index (Phi) is 8.79. The number of sulfone groups is 1. The normalized spacial score (nSPS) is 11.7. The Labute approximate surface area is 178 Å². The summed E-state index contributed by atoms with van der Waals surface area (Å²) >= 11 is 0. The third kappa shape index (κ3) is 6.28. The van der Waals surface area contributed by atoms with Crippen LogP contribution in [0.3, 0.4) is 0 Å². The minimum Gasteiger partial charge on any atom is -0.493 e. The van der Waals surface area contributed by atoms with E-state index >= 15 is 0 Å². The van der Waals surface area contributed by atoms with Gasteiger partial charge in [-0.05, 0) is 36.2 Å². The molecule has 0 aliphatic carbocycles. The van der Waals surface area contributed by atoms with Crippen LogP contribution in [0.5, 0.6) is 17.2 Å². The predicted molar refractivity (Wildman–Crippen MR) is 117 cm³/mol. The molecule has 0 aromatic heterocycles. The minimum atomic E-state index is -3.28. The second-order valence-corrected chi connectivity index (χ2v) is 8.48. The van der Waals surface area contributed by atoms with E-state index < -0.39 is 9.84 Å². The van der Waals surface area contributed by atoms with Gasteiger partial charge in [-0.2, -0.15) is 0 Å². The molecule has 0 aliphatic heterocycles. The standard InChI is InChI=1S/C21H29N3O5S/c1-22-21(23-11-8-12-30(25,26)17-9-6-5-7-10-17)24-15-16-13-18(27-2)20(29-4)19(14-16)28-3/h5-7,9-10,13-14H,8,11-12,15H2,1-4H3,(H2,22,23,24). The molecular formula is C21H29N3O5S. The van der Waals surface area contributed by atoms with E-state index in [9.17, 15) is 8.42 Å². The van der Waals surface area contributed by atoms with Crippen molar-refractivity contribution in [3.05, 3.63) is 48.0 Å². The van der Waals surface area contributed by atoms with Crippen LogP contribution in [-0.4, -0.2) is 55.1 Å². The maximum absolute atomic E-state index is 12.3. The quantitative estimate of drug-likeness (QED) is 0.335. The Bertz CT molecular complexity index is 921. The molecule has 0 unspecified atom stereocenters. The zero-order chi connectivity index (χ0) is 22.0. The molecule has 0 spiro atoms. The van der Waals surface area contributed by atoms with E-state index in [2.05, 4.69) is 15.6 Å². The summed E-state index contributed by atoms with van der Waals surface area (Å²) in [6.07, 6.45) is 0.460. The van der Waals surface area contributed by atoms with Gasteiger partial charge < -0.3 is 24.8 Å². The molecule has 0 atom stereocenters. The molecule has 30 heavy (non-hydrogen) atoms. The van der Waals surface area contributed by atoms with Crippen LogP contribution in [0.4, 0.5) is 0 Å². The zero-order valence-electron chi connectivity index (χ0n) is 17.8. The van der Waals surface area contributed by atoms with Crippen molar-refractivity contribution in [2.75, 3.05) is 40.7 Å². The summed E-state index contributed by atoms with van der Waals surface area (Å²) in [5.41, 5.74) is 0.916. The number of hydrogen-bond donors (Lipinski definition) is 2. The van der Waals surface area contributed by atoms with Crippen LogP contribution in [-0.2, 0) is 16.4 Å². The lowest BCUT2D eigenvalue weighted by Gasteiger charge is -2.16. The molecule has 2 aromatic carbocycles. The lowest BCUT2D eigenvalue weighted by atomic mass is 10.2. The Hall–Kier alpha value is -2.94. The molecule has 0 amide bonds. The first kappa shape index (κ1) is 23.3. The first-order valence-corrected chi connectivity index (χ1v) is 11.1. The van der Waals surface area contributed by atoms with Gasteiger partial charge in [-0.25, -0.2) is 8.42 Å². The van der Waals surface area contributed by atoms with Gasteiger partial charge in [0.25, 0.3) is 0 Å². The molecule has 164 valence electrons. The van der Waals surface area contributed by atoms with E-state index in [1.165, 1.54) is 0 Å². The molecule has 2 N–H and O–H groups in total. The Balaban J connectivity index is 1.88. The molecule has 0 fully saturated rings. The first-order chi connectivity index (χ1) is 14.4. The fourth-order valence-corrected chi connectivity index (χ4v) is 4.19. The van der Waals surface area contributed by atoms with E-state index in [0.717, 1.165) is 5.56 Å². The van der Waals surface area contributed by atoms with Crippen molar-refractivity contribution in [2.45, 2.75) is 17.9 Å². The van der Waals surface area contributed by atoms with Crippen molar-refractivity contribution in [2.24, 2.45) is 4.99 Å². The third-order valence-electron chi connectivity index (χ3n) is 4.39.